The minimum Gasteiger partial charge on any atom is -0.477 e. The molecule has 10 nitrogen and oxygen atoms in total. The molecule has 1 unspecified atom stereocenters. The second-order valence-corrected chi connectivity index (χ2v) is 7.86. The fourth-order valence-electron chi connectivity index (χ4n) is 2.85. The zero-order valence-electron chi connectivity index (χ0n) is 18.5. The van der Waals surface area contributed by atoms with E-state index in [1.807, 2.05) is 37.3 Å². The van der Waals surface area contributed by atoms with E-state index in [-0.39, 0.29) is 17.4 Å². The summed E-state index contributed by atoms with van der Waals surface area (Å²) in [5, 5.41) is 13.9. The Morgan fingerprint density at radius 1 is 1.09 bits per heavy atom. The van der Waals surface area contributed by atoms with E-state index >= 15 is 0 Å². The molecule has 0 saturated carbocycles. The van der Waals surface area contributed by atoms with Crippen LogP contribution in [0.15, 0.2) is 42.5 Å². The quantitative estimate of drug-likeness (QED) is 0.285. The molecule has 11 heteroatoms. The molecule has 0 saturated heterocycles. The smallest absolute Gasteiger partial charge is 0.278 e. The normalized spacial score (nSPS) is 11.4. The third-order valence-electron chi connectivity index (χ3n) is 4.23. The van der Waals surface area contributed by atoms with Crippen molar-refractivity contribution >= 4 is 24.7 Å². The highest BCUT2D eigenvalue weighted by Gasteiger charge is 2.17. The van der Waals surface area contributed by atoms with Crippen LogP contribution >= 0.6 is 8.03 Å². The lowest BCUT2D eigenvalue weighted by Gasteiger charge is -2.09. The van der Waals surface area contributed by atoms with Crippen LogP contribution < -0.4 is 14.8 Å². The molecule has 1 heterocycles. The van der Waals surface area contributed by atoms with Crippen LogP contribution in [0.25, 0.3) is 11.0 Å². The van der Waals surface area contributed by atoms with Gasteiger partial charge < -0.3 is 19.3 Å². The number of hydrogen-bond donors (Lipinski definition) is 1. The van der Waals surface area contributed by atoms with Crippen molar-refractivity contribution in [2.45, 2.75) is 19.6 Å². The molecule has 0 aliphatic rings. The van der Waals surface area contributed by atoms with Crippen LogP contribution in [0.3, 0.4) is 0 Å². The first-order chi connectivity index (χ1) is 15.4. The summed E-state index contributed by atoms with van der Waals surface area (Å²) in [6.45, 7) is 2.82. The molecular formula is C21H27N4O6P. The number of methoxy groups -OCH3 is 2. The Labute approximate surface area is 187 Å². The highest BCUT2D eigenvalue weighted by atomic mass is 31.1. The van der Waals surface area contributed by atoms with Crippen LogP contribution in [0.2, 0.25) is 0 Å². The van der Waals surface area contributed by atoms with Gasteiger partial charge in [0.1, 0.15) is 5.52 Å². The van der Waals surface area contributed by atoms with Crippen molar-refractivity contribution in [1.29, 1.82) is 0 Å². The number of fused-ring (bicyclic) bond motifs is 1. The summed E-state index contributed by atoms with van der Waals surface area (Å²) in [6.07, 6.45) is 0.555. The number of nitrogens with zero attached hydrogens (tertiary/aromatic N) is 3. The Morgan fingerprint density at radius 2 is 1.75 bits per heavy atom. The van der Waals surface area contributed by atoms with E-state index in [0.717, 1.165) is 5.56 Å². The molecule has 0 radical (unpaired) electrons. The molecule has 3 rings (SSSR count). The molecule has 172 valence electrons. The van der Waals surface area contributed by atoms with Gasteiger partial charge in [0, 0.05) is 30.4 Å². The average molecular weight is 462 g/mol. The standard InChI is InChI=1S/C12H14N4O4.C9H13O2P/c1-13-6-7-4-8(16(17)18)5-9-10(7)15-12(20-3)11(14-9)19-2;1-2-11-12(10)8-9-6-4-3-5-7-9/h4-5,13H,6H2,1-3H3;3-7,12H,2,8H2,1H3. The van der Waals surface area contributed by atoms with Crippen molar-refractivity contribution in [2.24, 2.45) is 0 Å². The van der Waals surface area contributed by atoms with Gasteiger partial charge >= 0.3 is 0 Å². The van der Waals surface area contributed by atoms with Crippen molar-refractivity contribution in [2.75, 3.05) is 27.9 Å². The molecule has 0 fully saturated rings. The number of nitro groups is 1. The summed E-state index contributed by atoms with van der Waals surface area (Å²) in [5.41, 5.74) is 2.65. The summed E-state index contributed by atoms with van der Waals surface area (Å²) in [6, 6.07) is 12.6. The van der Waals surface area contributed by atoms with Crippen molar-refractivity contribution in [3.63, 3.8) is 0 Å². The molecule has 2 aromatic carbocycles. The molecule has 32 heavy (non-hydrogen) atoms. The van der Waals surface area contributed by atoms with E-state index in [1.54, 1.807) is 7.05 Å². The molecule has 1 aromatic heterocycles. The number of hydrogen-bond acceptors (Lipinski definition) is 9. The lowest BCUT2D eigenvalue weighted by atomic mass is 10.1. The zero-order chi connectivity index (χ0) is 23.5. The molecular weight excluding hydrogens is 435 g/mol. The van der Waals surface area contributed by atoms with E-state index in [0.29, 0.717) is 35.9 Å². The van der Waals surface area contributed by atoms with Gasteiger partial charge in [0.15, 0.2) is 8.03 Å². The van der Waals surface area contributed by atoms with E-state index < -0.39 is 13.0 Å². The van der Waals surface area contributed by atoms with Gasteiger partial charge in [-0.3, -0.25) is 14.7 Å². The van der Waals surface area contributed by atoms with Gasteiger partial charge in [-0.05, 0) is 19.5 Å². The van der Waals surface area contributed by atoms with Gasteiger partial charge in [-0.1, -0.05) is 30.3 Å². The molecule has 3 aromatic rings. The Morgan fingerprint density at radius 3 is 2.31 bits per heavy atom. The van der Waals surface area contributed by atoms with E-state index in [2.05, 4.69) is 15.3 Å². The number of rotatable bonds is 9. The topological polar surface area (TPSA) is 126 Å². The van der Waals surface area contributed by atoms with E-state index in [4.69, 9.17) is 14.0 Å². The lowest BCUT2D eigenvalue weighted by molar-refractivity contribution is -0.384. The SMILES string of the molecule is CCO[PH](=O)Cc1ccccc1.CNCc1cc([N+](=O)[O-])cc2nc(OC)c(OC)nc12. The summed E-state index contributed by atoms with van der Waals surface area (Å²) >= 11 is 0. The Kier molecular flexibility index (Phi) is 10.0. The van der Waals surface area contributed by atoms with Crippen LogP contribution in [0.1, 0.15) is 18.1 Å². The Hall–Kier alpha value is -3.07. The lowest BCUT2D eigenvalue weighted by Crippen LogP contribution is -2.08. The second kappa shape index (κ2) is 12.7. The van der Waals surface area contributed by atoms with Gasteiger partial charge in [0.05, 0.1) is 31.3 Å². The Balaban J connectivity index is 0.000000258. The summed E-state index contributed by atoms with van der Waals surface area (Å²) < 4.78 is 26.3. The minimum absolute atomic E-state index is 0.0377. The van der Waals surface area contributed by atoms with Crippen molar-refractivity contribution in [3.8, 4) is 11.8 Å². The predicted molar refractivity (Wildman–Crippen MR) is 123 cm³/mol. The maximum atomic E-state index is 11.2. The monoisotopic (exact) mass is 462 g/mol. The van der Waals surface area contributed by atoms with Crippen LogP contribution in [0, 0.1) is 10.1 Å². The van der Waals surface area contributed by atoms with Gasteiger partial charge in [-0.2, -0.15) is 0 Å². The highest BCUT2D eigenvalue weighted by Crippen LogP contribution is 2.30. The number of benzene rings is 2. The molecule has 0 amide bonds. The molecule has 0 bridgehead atoms. The molecule has 0 aliphatic carbocycles. The minimum atomic E-state index is -1.84. The van der Waals surface area contributed by atoms with Gasteiger partial charge in [0.25, 0.3) is 17.4 Å². The third-order valence-corrected chi connectivity index (χ3v) is 5.54. The fraction of sp³-hybridized carbons (Fsp3) is 0.333. The third kappa shape index (κ3) is 6.98. The van der Waals surface area contributed by atoms with Crippen molar-refractivity contribution in [1.82, 2.24) is 15.3 Å². The second-order valence-electron chi connectivity index (χ2n) is 6.47. The van der Waals surface area contributed by atoms with Crippen molar-refractivity contribution in [3.05, 3.63) is 63.7 Å². The first-order valence-electron chi connectivity index (χ1n) is 9.84. The molecule has 1 atom stereocenters. The van der Waals surface area contributed by atoms with Gasteiger partial charge in [-0.25, -0.2) is 9.97 Å². The van der Waals surface area contributed by atoms with E-state index in [9.17, 15) is 14.7 Å². The molecule has 1 N–H and O–H groups in total. The van der Waals surface area contributed by atoms with Crippen molar-refractivity contribution < 1.29 is 23.5 Å². The maximum Gasteiger partial charge on any atom is 0.278 e. The summed E-state index contributed by atoms with van der Waals surface area (Å²) in [5.74, 6) is 0.433. The predicted octanol–water partition coefficient (Wildman–Crippen LogP) is 3.97. The van der Waals surface area contributed by atoms with Crippen LogP contribution in [-0.2, 0) is 21.8 Å². The number of non-ortho nitro benzene ring substituents is 1. The summed E-state index contributed by atoms with van der Waals surface area (Å²) in [7, 11) is 2.80. The van der Waals surface area contributed by atoms with Crippen LogP contribution in [0.5, 0.6) is 11.8 Å². The molecule has 0 spiro atoms. The van der Waals surface area contributed by atoms with Gasteiger partial charge in [-0.15, -0.1) is 0 Å². The number of ether oxygens (including phenoxy) is 2. The number of nitro benzene ring substituents is 1. The average Bonchev–Trinajstić information content (AvgIpc) is 2.79. The first-order valence-corrected chi connectivity index (χ1v) is 11.4. The Bertz CT molecular complexity index is 1070. The fourth-order valence-corrected chi connectivity index (χ4v) is 3.85. The first kappa shape index (κ1) is 25.2. The van der Waals surface area contributed by atoms with Crippen LogP contribution in [-0.4, -0.2) is 42.8 Å². The largest absolute Gasteiger partial charge is 0.477 e. The summed E-state index contributed by atoms with van der Waals surface area (Å²) in [4.78, 5) is 19.0. The molecule has 0 aliphatic heterocycles. The van der Waals surface area contributed by atoms with E-state index in [1.165, 1.54) is 26.4 Å². The van der Waals surface area contributed by atoms with Gasteiger partial charge in [0.2, 0.25) is 0 Å². The highest BCUT2D eigenvalue weighted by molar-refractivity contribution is 7.38. The zero-order valence-corrected chi connectivity index (χ0v) is 19.5. The number of nitrogens with one attached hydrogen (secondary N) is 1. The van der Waals surface area contributed by atoms with Crippen LogP contribution in [0.4, 0.5) is 5.69 Å². The number of aromatic nitrogens is 2. The maximum absolute atomic E-state index is 11.2.